The van der Waals surface area contributed by atoms with Gasteiger partial charge in [0, 0.05) is 40.7 Å². The van der Waals surface area contributed by atoms with Crippen molar-refractivity contribution in [1.82, 2.24) is 14.9 Å². The molecule has 4 rings (SSSR count). The van der Waals surface area contributed by atoms with Gasteiger partial charge in [0.25, 0.3) is 5.56 Å². The molecule has 168 valence electrons. The topological polar surface area (TPSA) is 58.2 Å². The second-order valence-corrected chi connectivity index (χ2v) is 8.41. The zero-order chi connectivity index (χ0) is 23.2. The van der Waals surface area contributed by atoms with E-state index in [1.165, 1.54) is 0 Å². The minimum atomic E-state index is -0.207. The number of benzene rings is 2. The lowest BCUT2D eigenvalue weighted by Crippen LogP contribution is -2.15. The normalized spacial score (nSPS) is 11.0. The predicted octanol–water partition coefficient (Wildman–Crippen LogP) is 5.75. The van der Waals surface area contributed by atoms with Crippen LogP contribution in [-0.4, -0.2) is 42.1 Å². The largest absolute Gasteiger partial charge is 0.494 e. The molecule has 0 aliphatic carbocycles. The molecule has 0 saturated heterocycles. The highest BCUT2D eigenvalue weighted by Crippen LogP contribution is 2.39. The molecule has 4 aromatic rings. The van der Waals surface area contributed by atoms with Gasteiger partial charge in [-0.2, -0.15) is 0 Å². The van der Waals surface area contributed by atoms with Crippen molar-refractivity contribution in [3.63, 3.8) is 0 Å². The summed E-state index contributed by atoms with van der Waals surface area (Å²) in [5, 5.41) is 0.517. The van der Waals surface area contributed by atoms with E-state index in [9.17, 15) is 4.79 Å². The highest BCUT2D eigenvalue weighted by Gasteiger charge is 2.20. The van der Waals surface area contributed by atoms with Crippen LogP contribution in [0.1, 0.15) is 6.42 Å². The molecule has 5 nitrogen and oxygen atoms in total. The van der Waals surface area contributed by atoms with Crippen LogP contribution in [-0.2, 0) is 0 Å². The molecule has 33 heavy (non-hydrogen) atoms. The molecule has 0 aliphatic rings. The lowest BCUT2D eigenvalue weighted by atomic mass is 9.91. The third-order valence-corrected chi connectivity index (χ3v) is 5.67. The number of aromatic nitrogens is 2. The fourth-order valence-corrected chi connectivity index (χ4v) is 3.99. The molecule has 1 N–H and O–H groups in total. The number of pyridine rings is 2. The Morgan fingerprint density at radius 2 is 1.70 bits per heavy atom. The summed E-state index contributed by atoms with van der Waals surface area (Å²) in [5.41, 5.74) is 4.25. The molecular weight excluding hydrogens is 434 g/mol. The Kier molecular flexibility index (Phi) is 7.23. The Balaban J connectivity index is 1.80. The number of ether oxygens (including phenoxy) is 1. The molecule has 0 atom stereocenters. The first-order valence-electron chi connectivity index (χ1n) is 10.8. The van der Waals surface area contributed by atoms with E-state index in [1.54, 1.807) is 18.5 Å². The SMILES string of the molecule is CN(C)CCCOc1ccc(-c2c(-c3ccccn3)c[nH]c(=O)c2-c2ccccc2Cl)cc1. The number of hydrogen-bond acceptors (Lipinski definition) is 4. The summed E-state index contributed by atoms with van der Waals surface area (Å²) in [7, 11) is 4.10. The van der Waals surface area contributed by atoms with Crippen molar-refractivity contribution in [1.29, 1.82) is 0 Å². The zero-order valence-electron chi connectivity index (χ0n) is 18.7. The van der Waals surface area contributed by atoms with Crippen LogP contribution < -0.4 is 10.3 Å². The molecule has 0 amide bonds. The summed E-state index contributed by atoms with van der Waals surface area (Å²) in [5.74, 6) is 0.793. The molecule has 0 saturated carbocycles. The summed E-state index contributed by atoms with van der Waals surface area (Å²) < 4.78 is 5.89. The molecule has 0 unspecified atom stereocenters. The number of rotatable bonds is 8. The van der Waals surface area contributed by atoms with Gasteiger partial charge in [0.15, 0.2) is 0 Å². The Bertz CT molecular complexity index is 1270. The summed E-state index contributed by atoms with van der Waals surface area (Å²) >= 11 is 6.52. The van der Waals surface area contributed by atoms with Crippen LogP contribution in [0.25, 0.3) is 33.5 Å². The number of nitrogens with zero attached hydrogens (tertiary/aromatic N) is 2. The van der Waals surface area contributed by atoms with Gasteiger partial charge in [0.1, 0.15) is 5.75 Å². The fourth-order valence-electron chi connectivity index (χ4n) is 3.76. The van der Waals surface area contributed by atoms with E-state index < -0.39 is 0 Å². The van der Waals surface area contributed by atoms with Crippen LogP contribution >= 0.6 is 11.6 Å². The minimum absolute atomic E-state index is 0.207. The standard InChI is InChI=1S/C27H26ClN3O2/c1-31(2)16-7-17-33-20-13-11-19(12-14-20)25-22(24-10-5-6-15-29-24)18-30-27(32)26(25)21-8-3-4-9-23(21)28/h3-6,8-15,18H,7,16-17H2,1-2H3,(H,30,32). The van der Waals surface area contributed by atoms with Crippen molar-refractivity contribution >= 4 is 11.6 Å². The maximum absolute atomic E-state index is 13.1. The van der Waals surface area contributed by atoms with Crippen molar-refractivity contribution in [2.75, 3.05) is 27.2 Å². The number of aromatic amines is 1. The Morgan fingerprint density at radius 1 is 0.939 bits per heavy atom. The Morgan fingerprint density at radius 3 is 2.39 bits per heavy atom. The van der Waals surface area contributed by atoms with Crippen molar-refractivity contribution in [3.8, 4) is 39.3 Å². The molecule has 2 heterocycles. The van der Waals surface area contributed by atoms with Gasteiger partial charge >= 0.3 is 0 Å². The molecule has 0 spiro atoms. The number of H-pyrrole nitrogens is 1. The van der Waals surface area contributed by atoms with Gasteiger partial charge in [-0.05, 0) is 56.4 Å². The first-order valence-corrected chi connectivity index (χ1v) is 11.2. The summed E-state index contributed by atoms with van der Waals surface area (Å²) in [4.78, 5) is 22.6. The second-order valence-electron chi connectivity index (χ2n) is 8.01. The van der Waals surface area contributed by atoms with E-state index in [0.717, 1.165) is 41.1 Å². The van der Waals surface area contributed by atoms with Crippen molar-refractivity contribution in [2.45, 2.75) is 6.42 Å². The summed E-state index contributed by atoms with van der Waals surface area (Å²) in [6.07, 6.45) is 4.40. The highest BCUT2D eigenvalue weighted by molar-refractivity contribution is 6.33. The molecule has 0 fully saturated rings. The molecule has 6 heteroatoms. The zero-order valence-corrected chi connectivity index (χ0v) is 19.5. The molecule has 0 aliphatic heterocycles. The van der Waals surface area contributed by atoms with Gasteiger partial charge in [0.05, 0.1) is 17.9 Å². The molecule has 0 bridgehead atoms. The van der Waals surface area contributed by atoms with Gasteiger partial charge in [0.2, 0.25) is 0 Å². The molecule has 0 radical (unpaired) electrons. The van der Waals surface area contributed by atoms with Gasteiger partial charge in [-0.15, -0.1) is 0 Å². The van der Waals surface area contributed by atoms with Crippen molar-refractivity contribution in [3.05, 3.63) is 94.5 Å². The van der Waals surface area contributed by atoms with E-state index in [0.29, 0.717) is 22.8 Å². The van der Waals surface area contributed by atoms with Crippen molar-refractivity contribution < 1.29 is 4.74 Å². The Labute approximate surface area is 198 Å². The minimum Gasteiger partial charge on any atom is -0.494 e. The van der Waals surface area contributed by atoms with Crippen molar-refractivity contribution in [2.24, 2.45) is 0 Å². The third-order valence-electron chi connectivity index (χ3n) is 5.34. The van der Waals surface area contributed by atoms with Gasteiger partial charge < -0.3 is 14.6 Å². The smallest absolute Gasteiger partial charge is 0.256 e. The van der Waals surface area contributed by atoms with E-state index in [2.05, 4.69) is 14.9 Å². The number of hydrogen-bond donors (Lipinski definition) is 1. The highest BCUT2D eigenvalue weighted by atomic mass is 35.5. The van der Waals surface area contributed by atoms with Crippen LogP contribution in [0.2, 0.25) is 5.02 Å². The van der Waals surface area contributed by atoms with Crippen LogP contribution in [0.4, 0.5) is 0 Å². The summed E-state index contributed by atoms with van der Waals surface area (Å²) in [6, 6.07) is 20.9. The maximum Gasteiger partial charge on any atom is 0.256 e. The predicted molar refractivity (Wildman–Crippen MR) is 135 cm³/mol. The second kappa shape index (κ2) is 10.5. The average molecular weight is 460 g/mol. The average Bonchev–Trinajstić information content (AvgIpc) is 2.83. The van der Waals surface area contributed by atoms with E-state index in [4.69, 9.17) is 16.3 Å². The van der Waals surface area contributed by atoms with Crippen LogP contribution in [0.5, 0.6) is 5.75 Å². The molecule has 2 aromatic carbocycles. The maximum atomic E-state index is 13.1. The van der Waals surface area contributed by atoms with E-state index >= 15 is 0 Å². The van der Waals surface area contributed by atoms with Gasteiger partial charge in [-0.25, -0.2) is 0 Å². The lowest BCUT2D eigenvalue weighted by Gasteiger charge is -2.16. The monoisotopic (exact) mass is 459 g/mol. The number of halogens is 1. The third kappa shape index (κ3) is 5.33. The first-order chi connectivity index (χ1) is 16.0. The summed E-state index contributed by atoms with van der Waals surface area (Å²) in [6.45, 7) is 1.62. The van der Waals surface area contributed by atoms with Crippen LogP contribution in [0, 0.1) is 0 Å². The van der Waals surface area contributed by atoms with Gasteiger partial charge in [-0.1, -0.05) is 48.0 Å². The lowest BCUT2D eigenvalue weighted by molar-refractivity contribution is 0.281. The van der Waals surface area contributed by atoms with E-state index in [1.807, 2.05) is 74.8 Å². The first kappa shape index (κ1) is 22.8. The number of nitrogens with one attached hydrogen (secondary N) is 1. The Hall–Kier alpha value is -3.41. The van der Waals surface area contributed by atoms with Crippen LogP contribution in [0.3, 0.4) is 0 Å². The fraction of sp³-hybridized carbons (Fsp3) is 0.185. The quantitative estimate of drug-likeness (QED) is 0.340. The van der Waals surface area contributed by atoms with Gasteiger partial charge in [-0.3, -0.25) is 9.78 Å². The molecular formula is C27H26ClN3O2. The molecule has 2 aromatic heterocycles. The van der Waals surface area contributed by atoms with Crippen LogP contribution in [0.15, 0.2) is 83.9 Å². The van der Waals surface area contributed by atoms with E-state index in [-0.39, 0.29) is 5.56 Å².